The highest BCUT2D eigenvalue weighted by Gasteiger charge is 1.97. The van der Waals surface area contributed by atoms with Crippen LogP contribution in [0.4, 0.5) is 4.39 Å². The van der Waals surface area contributed by atoms with Gasteiger partial charge in [0.25, 0.3) is 0 Å². The average Bonchev–Trinajstić information content (AvgIpc) is 2.12. The lowest BCUT2D eigenvalue weighted by Crippen LogP contribution is -2.04. The SMILES string of the molecule is CC(O)CCCOc1cccc(F)c1. The second kappa shape index (κ2) is 5.60. The molecular formula is C11H15FO2. The predicted molar refractivity (Wildman–Crippen MR) is 52.8 cm³/mol. The van der Waals surface area contributed by atoms with Crippen molar-refractivity contribution in [1.29, 1.82) is 0 Å². The van der Waals surface area contributed by atoms with E-state index < -0.39 is 0 Å². The summed E-state index contributed by atoms with van der Waals surface area (Å²) in [7, 11) is 0. The molecular weight excluding hydrogens is 183 g/mol. The van der Waals surface area contributed by atoms with Gasteiger partial charge >= 0.3 is 0 Å². The zero-order valence-electron chi connectivity index (χ0n) is 8.24. The number of aliphatic hydroxyl groups is 1. The zero-order valence-corrected chi connectivity index (χ0v) is 8.24. The first kappa shape index (κ1) is 11.0. The number of halogens is 1. The largest absolute Gasteiger partial charge is 0.493 e. The first-order chi connectivity index (χ1) is 6.68. The second-order valence-corrected chi connectivity index (χ2v) is 3.30. The van der Waals surface area contributed by atoms with Gasteiger partial charge in [0, 0.05) is 6.07 Å². The summed E-state index contributed by atoms with van der Waals surface area (Å²) >= 11 is 0. The van der Waals surface area contributed by atoms with E-state index >= 15 is 0 Å². The number of benzene rings is 1. The fraction of sp³-hybridized carbons (Fsp3) is 0.455. The van der Waals surface area contributed by atoms with Crippen molar-refractivity contribution in [3.8, 4) is 5.75 Å². The zero-order chi connectivity index (χ0) is 10.4. The molecule has 1 aromatic carbocycles. The molecule has 0 amide bonds. The number of rotatable bonds is 5. The quantitative estimate of drug-likeness (QED) is 0.736. The number of aliphatic hydroxyl groups excluding tert-OH is 1. The summed E-state index contributed by atoms with van der Waals surface area (Å²) in [5.41, 5.74) is 0. The normalized spacial score (nSPS) is 12.5. The molecule has 1 atom stereocenters. The molecule has 1 rings (SSSR count). The molecule has 0 spiro atoms. The average molecular weight is 198 g/mol. The summed E-state index contributed by atoms with van der Waals surface area (Å²) in [5.74, 6) is 0.244. The van der Waals surface area contributed by atoms with Crippen LogP contribution in [-0.2, 0) is 0 Å². The van der Waals surface area contributed by atoms with Crippen LogP contribution < -0.4 is 4.74 Å². The van der Waals surface area contributed by atoms with Crippen LogP contribution in [0.3, 0.4) is 0 Å². The van der Waals surface area contributed by atoms with Crippen LogP contribution in [0.25, 0.3) is 0 Å². The fourth-order valence-corrected chi connectivity index (χ4v) is 1.13. The maximum atomic E-state index is 12.7. The second-order valence-electron chi connectivity index (χ2n) is 3.30. The van der Waals surface area contributed by atoms with E-state index in [2.05, 4.69) is 0 Å². The number of ether oxygens (including phenoxy) is 1. The highest BCUT2D eigenvalue weighted by atomic mass is 19.1. The molecule has 0 aromatic heterocycles. The van der Waals surface area contributed by atoms with Crippen molar-refractivity contribution in [2.75, 3.05) is 6.61 Å². The van der Waals surface area contributed by atoms with E-state index in [1.165, 1.54) is 12.1 Å². The van der Waals surface area contributed by atoms with E-state index in [-0.39, 0.29) is 11.9 Å². The van der Waals surface area contributed by atoms with Crippen molar-refractivity contribution >= 4 is 0 Å². The van der Waals surface area contributed by atoms with Crippen molar-refractivity contribution in [3.05, 3.63) is 30.1 Å². The minimum atomic E-state index is -0.300. The maximum Gasteiger partial charge on any atom is 0.126 e. The molecule has 78 valence electrons. The van der Waals surface area contributed by atoms with Crippen LogP contribution in [0.2, 0.25) is 0 Å². The monoisotopic (exact) mass is 198 g/mol. The predicted octanol–water partition coefficient (Wildman–Crippen LogP) is 2.37. The summed E-state index contributed by atoms with van der Waals surface area (Å²) in [6, 6.07) is 6.05. The van der Waals surface area contributed by atoms with Gasteiger partial charge in [-0.2, -0.15) is 0 Å². The minimum absolute atomic E-state index is 0.293. The first-order valence-electron chi connectivity index (χ1n) is 4.75. The third kappa shape index (κ3) is 4.23. The molecule has 0 aliphatic rings. The van der Waals surface area contributed by atoms with Gasteiger partial charge in [0.15, 0.2) is 0 Å². The van der Waals surface area contributed by atoms with Crippen LogP contribution in [0, 0.1) is 5.82 Å². The van der Waals surface area contributed by atoms with Crippen LogP contribution in [0.5, 0.6) is 5.75 Å². The molecule has 3 heteroatoms. The number of hydrogen-bond donors (Lipinski definition) is 1. The Morgan fingerprint density at radius 3 is 2.93 bits per heavy atom. The molecule has 1 aromatic rings. The molecule has 1 N–H and O–H groups in total. The van der Waals surface area contributed by atoms with E-state index in [1.54, 1.807) is 19.1 Å². The van der Waals surface area contributed by atoms with Crippen molar-refractivity contribution in [3.63, 3.8) is 0 Å². The van der Waals surface area contributed by atoms with Crippen molar-refractivity contribution in [2.24, 2.45) is 0 Å². The smallest absolute Gasteiger partial charge is 0.126 e. The van der Waals surface area contributed by atoms with Crippen molar-refractivity contribution in [1.82, 2.24) is 0 Å². The summed E-state index contributed by atoms with van der Waals surface area (Å²) in [6.45, 7) is 2.25. The lowest BCUT2D eigenvalue weighted by Gasteiger charge is -2.06. The van der Waals surface area contributed by atoms with Gasteiger partial charge in [-0.3, -0.25) is 0 Å². The Kier molecular flexibility index (Phi) is 4.40. The lowest BCUT2D eigenvalue weighted by atomic mass is 10.2. The van der Waals surface area contributed by atoms with Gasteiger partial charge in [-0.15, -0.1) is 0 Å². The van der Waals surface area contributed by atoms with E-state index in [4.69, 9.17) is 9.84 Å². The van der Waals surface area contributed by atoms with Gasteiger partial charge < -0.3 is 9.84 Å². The Morgan fingerprint density at radius 2 is 2.29 bits per heavy atom. The van der Waals surface area contributed by atoms with E-state index in [1.807, 2.05) is 0 Å². The minimum Gasteiger partial charge on any atom is -0.493 e. The molecule has 2 nitrogen and oxygen atoms in total. The third-order valence-electron chi connectivity index (χ3n) is 1.83. The Morgan fingerprint density at radius 1 is 1.50 bits per heavy atom. The molecule has 0 radical (unpaired) electrons. The Labute approximate surface area is 83.3 Å². The highest BCUT2D eigenvalue weighted by Crippen LogP contribution is 2.12. The van der Waals surface area contributed by atoms with Gasteiger partial charge in [-0.25, -0.2) is 4.39 Å². The first-order valence-corrected chi connectivity index (χ1v) is 4.75. The fourth-order valence-electron chi connectivity index (χ4n) is 1.13. The third-order valence-corrected chi connectivity index (χ3v) is 1.83. The molecule has 0 aliphatic heterocycles. The van der Waals surface area contributed by atoms with Gasteiger partial charge in [0.05, 0.1) is 12.7 Å². The topological polar surface area (TPSA) is 29.5 Å². The molecule has 0 saturated heterocycles. The molecule has 0 aliphatic carbocycles. The van der Waals surface area contributed by atoms with Crippen LogP contribution in [-0.4, -0.2) is 17.8 Å². The summed E-state index contributed by atoms with van der Waals surface area (Å²) in [6.07, 6.45) is 1.18. The van der Waals surface area contributed by atoms with Crippen molar-refractivity contribution < 1.29 is 14.2 Å². The Hall–Kier alpha value is -1.09. The van der Waals surface area contributed by atoms with E-state index in [9.17, 15) is 4.39 Å². The van der Waals surface area contributed by atoms with Crippen molar-refractivity contribution in [2.45, 2.75) is 25.9 Å². The van der Waals surface area contributed by atoms with Crippen LogP contribution >= 0.6 is 0 Å². The van der Waals surface area contributed by atoms with Crippen LogP contribution in [0.15, 0.2) is 24.3 Å². The maximum absolute atomic E-state index is 12.7. The lowest BCUT2D eigenvalue weighted by molar-refractivity contribution is 0.170. The molecule has 14 heavy (non-hydrogen) atoms. The van der Waals surface area contributed by atoms with Gasteiger partial charge in [0.2, 0.25) is 0 Å². The molecule has 0 heterocycles. The van der Waals surface area contributed by atoms with Crippen LogP contribution in [0.1, 0.15) is 19.8 Å². The molecule has 0 saturated carbocycles. The summed E-state index contributed by atoms with van der Waals surface area (Å²) < 4.78 is 18.0. The number of hydrogen-bond acceptors (Lipinski definition) is 2. The van der Waals surface area contributed by atoms with Gasteiger partial charge in [-0.1, -0.05) is 6.07 Å². The Balaban J connectivity index is 2.25. The summed E-state index contributed by atoms with van der Waals surface area (Å²) in [4.78, 5) is 0. The van der Waals surface area contributed by atoms with Gasteiger partial charge in [-0.05, 0) is 31.9 Å². The Bertz CT molecular complexity index is 274. The molecule has 0 bridgehead atoms. The summed E-state index contributed by atoms with van der Waals surface area (Å²) in [5, 5.41) is 8.98. The van der Waals surface area contributed by atoms with E-state index in [0.29, 0.717) is 18.8 Å². The standard InChI is InChI=1S/C11H15FO2/c1-9(13)4-3-7-14-11-6-2-5-10(12)8-11/h2,5-6,8-9,13H,3-4,7H2,1H3. The highest BCUT2D eigenvalue weighted by molar-refractivity contribution is 5.22. The van der Waals surface area contributed by atoms with E-state index in [0.717, 1.165) is 6.42 Å². The van der Waals surface area contributed by atoms with Gasteiger partial charge in [0.1, 0.15) is 11.6 Å². The molecule has 1 unspecified atom stereocenters. The molecule has 0 fully saturated rings.